The van der Waals surface area contributed by atoms with Gasteiger partial charge in [0.25, 0.3) is 0 Å². The van der Waals surface area contributed by atoms with Crippen molar-refractivity contribution in [2.75, 3.05) is 7.11 Å². The number of hydrogen-bond donors (Lipinski definition) is 1. The van der Waals surface area contributed by atoms with Crippen LogP contribution in [-0.2, 0) is 22.6 Å². The molecule has 0 radical (unpaired) electrons. The van der Waals surface area contributed by atoms with Crippen molar-refractivity contribution < 1.29 is 18.7 Å². The quantitative estimate of drug-likeness (QED) is 0.309. The summed E-state index contributed by atoms with van der Waals surface area (Å²) in [6.07, 6.45) is 2.76. The molecule has 3 aromatic carbocycles. The van der Waals surface area contributed by atoms with Crippen LogP contribution in [0.3, 0.4) is 0 Å². The summed E-state index contributed by atoms with van der Waals surface area (Å²) in [6, 6.07) is 18.9. The number of methoxy groups -OCH3 is 1. The van der Waals surface area contributed by atoms with E-state index in [0.29, 0.717) is 28.6 Å². The molecule has 0 saturated carbocycles. The van der Waals surface area contributed by atoms with Crippen molar-refractivity contribution in [2.24, 2.45) is 0 Å². The van der Waals surface area contributed by atoms with Crippen LogP contribution >= 0.6 is 15.9 Å². The van der Waals surface area contributed by atoms with Gasteiger partial charge in [0.15, 0.2) is 0 Å². The Morgan fingerprint density at radius 3 is 2.74 bits per heavy atom. The summed E-state index contributed by atoms with van der Waals surface area (Å²) in [5, 5.41) is 1.09. The number of aromatic nitrogens is 1. The summed E-state index contributed by atoms with van der Waals surface area (Å²) in [5.41, 5.74) is 4.40. The zero-order valence-corrected chi connectivity index (χ0v) is 18.5. The lowest BCUT2D eigenvalue weighted by molar-refractivity contribution is -0.140. The maximum absolute atomic E-state index is 14.2. The molecule has 0 aliphatic carbocycles. The van der Waals surface area contributed by atoms with Crippen LogP contribution in [0.1, 0.15) is 17.5 Å². The Morgan fingerprint density at radius 1 is 1.06 bits per heavy atom. The van der Waals surface area contributed by atoms with Crippen molar-refractivity contribution >= 4 is 32.8 Å². The first-order valence-corrected chi connectivity index (χ1v) is 10.7. The number of carbonyl (C=O) groups excluding carboxylic acids is 1. The molecule has 158 valence electrons. The van der Waals surface area contributed by atoms with Gasteiger partial charge in [-0.1, -0.05) is 34.1 Å². The Balaban J connectivity index is 1.66. The average molecular weight is 482 g/mol. The van der Waals surface area contributed by atoms with Crippen LogP contribution in [0.5, 0.6) is 5.75 Å². The maximum Gasteiger partial charge on any atom is 0.305 e. The highest BCUT2D eigenvalue weighted by Crippen LogP contribution is 2.34. The van der Waals surface area contributed by atoms with Crippen molar-refractivity contribution in [3.63, 3.8) is 0 Å². The third-order valence-electron chi connectivity index (χ3n) is 5.15. The van der Waals surface area contributed by atoms with Gasteiger partial charge in [-0.05, 0) is 65.4 Å². The molecule has 0 fully saturated rings. The van der Waals surface area contributed by atoms with Gasteiger partial charge in [0.2, 0.25) is 0 Å². The monoisotopic (exact) mass is 481 g/mol. The second-order valence-corrected chi connectivity index (χ2v) is 8.13. The molecule has 0 bridgehead atoms. The molecule has 0 spiro atoms. The number of ether oxygens (including phenoxy) is 2. The summed E-state index contributed by atoms with van der Waals surface area (Å²) in [7, 11) is 1.39. The van der Waals surface area contributed by atoms with Crippen molar-refractivity contribution in [2.45, 2.75) is 19.4 Å². The van der Waals surface area contributed by atoms with E-state index in [2.05, 4.69) is 27.0 Å². The molecule has 4 rings (SSSR count). The van der Waals surface area contributed by atoms with E-state index in [1.807, 2.05) is 42.6 Å². The largest absolute Gasteiger partial charge is 0.488 e. The van der Waals surface area contributed by atoms with Gasteiger partial charge < -0.3 is 14.5 Å². The molecule has 1 heterocycles. The van der Waals surface area contributed by atoms with Crippen LogP contribution in [0, 0.1) is 5.82 Å². The van der Waals surface area contributed by atoms with Crippen LogP contribution in [0.2, 0.25) is 0 Å². The van der Waals surface area contributed by atoms with Crippen LogP contribution in [0.25, 0.3) is 22.0 Å². The van der Waals surface area contributed by atoms with E-state index in [4.69, 9.17) is 9.47 Å². The van der Waals surface area contributed by atoms with Crippen molar-refractivity contribution in [3.8, 4) is 16.9 Å². The second kappa shape index (κ2) is 9.35. The first-order valence-electron chi connectivity index (χ1n) is 9.87. The molecule has 0 saturated heterocycles. The SMILES string of the molecule is COC(=O)CCc1ccc(OCc2ccc(Br)cc2F)c(-c2ccc3[nH]ccc3c2)c1. The minimum absolute atomic E-state index is 0.111. The molecule has 31 heavy (non-hydrogen) atoms. The number of nitrogens with one attached hydrogen (secondary N) is 1. The molecule has 0 aliphatic rings. The zero-order chi connectivity index (χ0) is 21.8. The molecule has 0 atom stereocenters. The third kappa shape index (κ3) is 4.97. The van der Waals surface area contributed by atoms with Gasteiger partial charge in [-0.15, -0.1) is 0 Å². The molecule has 1 aromatic heterocycles. The number of aromatic amines is 1. The standard InChI is InChI=1S/C25H21BrFNO3/c1-30-25(29)9-3-16-2-8-24(31-15-19-4-6-20(26)14-22(19)27)21(12-16)17-5-7-23-18(13-17)10-11-28-23/h2,4-8,10-14,28H,3,9,15H2,1H3. The van der Waals surface area contributed by atoms with Gasteiger partial charge in [0.1, 0.15) is 18.2 Å². The fourth-order valence-corrected chi connectivity index (χ4v) is 3.78. The number of fused-ring (bicyclic) bond motifs is 1. The summed E-state index contributed by atoms with van der Waals surface area (Å²) in [6.45, 7) is 0.111. The highest BCUT2D eigenvalue weighted by molar-refractivity contribution is 9.10. The molecule has 0 amide bonds. The highest BCUT2D eigenvalue weighted by Gasteiger charge is 2.12. The van der Waals surface area contributed by atoms with E-state index in [1.54, 1.807) is 12.1 Å². The predicted octanol–water partition coefficient (Wildman–Crippen LogP) is 6.42. The lowest BCUT2D eigenvalue weighted by Crippen LogP contribution is -2.03. The summed E-state index contributed by atoms with van der Waals surface area (Å²) >= 11 is 3.27. The number of esters is 1. The van der Waals surface area contributed by atoms with E-state index in [9.17, 15) is 9.18 Å². The van der Waals surface area contributed by atoms with Gasteiger partial charge in [-0.3, -0.25) is 4.79 Å². The molecule has 0 aliphatic heterocycles. The van der Waals surface area contributed by atoms with Crippen LogP contribution < -0.4 is 4.74 Å². The molecular weight excluding hydrogens is 461 g/mol. The molecule has 4 nitrogen and oxygen atoms in total. The summed E-state index contributed by atoms with van der Waals surface area (Å²) < 4.78 is 25.7. The maximum atomic E-state index is 14.2. The number of halogens is 2. The fourth-order valence-electron chi connectivity index (χ4n) is 3.45. The fraction of sp³-hybridized carbons (Fsp3) is 0.160. The molecule has 6 heteroatoms. The number of hydrogen-bond acceptors (Lipinski definition) is 3. The van der Waals surface area contributed by atoms with E-state index < -0.39 is 0 Å². The second-order valence-electron chi connectivity index (χ2n) is 7.21. The van der Waals surface area contributed by atoms with Gasteiger partial charge in [0, 0.05) is 33.7 Å². The van der Waals surface area contributed by atoms with Gasteiger partial charge >= 0.3 is 5.97 Å². The highest BCUT2D eigenvalue weighted by atomic mass is 79.9. The Labute approximate surface area is 188 Å². The smallest absolute Gasteiger partial charge is 0.305 e. The van der Waals surface area contributed by atoms with E-state index in [1.165, 1.54) is 13.2 Å². The average Bonchev–Trinajstić information content (AvgIpc) is 3.25. The Kier molecular flexibility index (Phi) is 6.37. The number of benzene rings is 3. The van der Waals surface area contributed by atoms with Crippen molar-refractivity contribution in [1.29, 1.82) is 0 Å². The predicted molar refractivity (Wildman–Crippen MR) is 123 cm³/mol. The Morgan fingerprint density at radius 2 is 1.94 bits per heavy atom. The number of H-pyrrole nitrogens is 1. The molecule has 0 unspecified atom stereocenters. The van der Waals surface area contributed by atoms with Gasteiger partial charge in [0.05, 0.1) is 7.11 Å². The number of rotatable bonds is 7. The van der Waals surface area contributed by atoms with E-state index in [-0.39, 0.29) is 18.4 Å². The lowest BCUT2D eigenvalue weighted by atomic mass is 9.98. The van der Waals surface area contributed by atoms with Crippen LogP contribution in [0.15, 0.2) is 71.3 Å². The third-order valence-corrected chi connectivity index (χ3v) is 5.65. The zero-order valence-electron chi connectivity index (χ0n) is 17.0. The topological polar surface area (TPSA) is 51.3 Å². The Hall–Kier alpha value is -3.12. The van der Waals surface area contributed by atoms with Gasteiger partial charge in [-0.2, -0.15) is 0 Å². The van der Waals surface area contributed by atoms with E-state index >= 15 is 0 Å². The summed E-state index contributed by atoms with van der Waals surface area (Å²) in [4.78, 5) is 14.7. The van der Waals surface area contributed by atoms with Crippen LogP contribution in [0.4, 0.5) is 4.39 Å². The summed E-state index contributed by atoms with van der Waals surface area (Å²) in [5.74, 6) is 0.0831. The van der Waals surface area contributed by atoms with Crippen LogP contribution in [-0.4, -0.2) is 18.1 Å². The lowest BCUT2D eigenvalue weighted by Gasteiger charge is -2.14. The van der Waals surface area contributed by atoms with Crippen molar-refractivity contribution in [1.82, 2.24) is 4.98 Å². The first kappa shape index (κ1) is 21.1. The van der Waals surface area contributed by atoms with E-state index in [0.717, 1.165) is 27.6 Å². The molecule has 1 N–H and O–H groups in total. The normalized spacial score (nSPS) is 10.9. The van der Waals surface area contributed by atoms with Gasteiger partial charge in [-0.25, -0.2) is 4.39 Å². The minimum atomic E-state index is -0.320. The minimum Gasteiger partial charge on any atom is -0.488 e. The van der Waals surface area contributed by atoms with Crippen molar-refractivity contribution in [3.05, 3.63) is 88.3 Å². The molecule has 4 aromatic rings. The Bertz CT molecular complexity index is 1230. The number of carbonyl (C=O) groups is 1. The first-order chi connectivity index (χ1) is 15.0. The molecular formula is C25H21BrFNO3. The number of aryl methyl sites for hydroxylation is 1.